The first-order valence-corrected chi connectivity index (χ1v) is 11.9. The lowest BCUT2D eigenvalue weighted by Gasteiger charge is -2.09. The molecule has 0 spiro atoms. The van der Waals surface area contributed by atoms with E-state index in [9.17, 15) is 9.59 Å². The number of benzene rings is 1. The van der Waals surface area contributed by atoms with Crippen LogP contribution in [0.5, 0.6) is 0 Å². The highest BCUT2D eigenvalue weighted by atomic mass is 32.1. The van der Waals surface area contributed by atoms with Crippen LogP contribution in [0.3, 0.4) is 0 Å². The maximum Gasteiger partial charge on any atom is 0.303 e. The minimum absolute atomic E-state index is 0.137. The Bertz CT molecular complexity index is 1290. The highest BCUT2D eigenvalue weighted by Crippen LogP contribution is 2.41. The van der Waals surface area contributed by atoms with Crippen LogP contribution in [-0.4, -0.2) is 29.1 Å². The van der Waals surface area contributed by atoms with E-state index < -0.39 is 5.97 Å². The molecule has 32 heavy (non-hydrogen) atoms. The third kappa shape index (κ3) is 4.59. The Balaban J connectivity index is 1.73. The molecular formula is C25H23NO4S2. The first-order chi connectivity index (χ1) is 15.5. The van der Waals surface area contributed by atoms with Crippen molar-refractivity contribution >= 4 is 45.9 Å². The van der Waals surface area contributed by atoms with Crippen LogP contribution in [0.2, 0.25) is 0 Å². The van der Waals surface area contributed by atoms with E-state index in [1.807, 2.05) is 25.4 Å². The summed E-state index contributed by atoms with van der Waals surface area (Å²) in [4.78, 5) is 30.5. The van der Waals surface area contributed by atoms with Gasteiger partial charge in [0.05, 0.1) is 6.61 Å². The molecule has 0 bridgehead atoms. The molecule has 1 aromatic carbocycles. The molecule has 1 N–H and O–H groups in total. The number of carbonyl (C=O) groups is 2. The standard InChI is InChI=1S/C25H23NO4S2/c1-15-17(3-6-25(28)29)11-23(31-15)20-4-5-21(22-13-26-9-7-19(20)22)24-12-18(16(2)32-24)8-10-30-14-27/h4-5,7,9,11-14H,3,6,8,10H2,1-2H3,(H,28,29). The number of rotatable bonds is 9. The molecule has 0 saturated heterocycles. The van der Waals surface area contributed by atoms with E-state index >= 15 is 0 Å². The quantitative estimate of drug-likeness (QED) is 0.241. The van der Waals surface area contributed by atoms with Gasteiger partial charge < -0.3 is 9.84 Å². The van der Waals surface area contributed by atoms with Crippen molar-refractivity contribution in [2.75, 3.05) is 6.61 Å². The summed E-state index contributed by atoms with van der Waals surface area (Å²) >= 11 is 3.43. The number of carbonyl (C=O) groups excluding carboxylic acids is 1. The van der Waals surface area contributed by atoms with Gasteiger partial charge in [-0.1, -0.05) is 12.1 Å². The molecule has 5 nitrogen and oxygen atoms in total. The predicted molar refractivity (Wildman–Crippen MR) is 130 cm³/mol. The van der Waals surface area contributed by atoms with Crippen molar-refractivity contribution in [3.05, 3.63) is 63.6 Å². The molecule has 0 fully saturated rings. The zero-order chi connectivity index (χ0) is 22.7. The van der Waals surface area contributed by atoms with Crippen LogP contribution in [0.4, 0.5) is 0 Å². The Labute approximate surface area is 194 Å². The average molecular weight is 466 g/mol. The van der Waals surface area contributed by atoms with Gasteiger partial charge in [-0.3, -0.25) is 14.6 Å². The van der Waals surface area contributed by atoms with Gasteiger partial charge in [-0.15, -0.1) is 22.7 Å². The highest BCUT2D eigenvalue weighted by molar-refractivity contribution is 7.16. The molecule has 0 radical (unpaired) electrons. The van der Waals surface area contributed by atoms with Crippen molar-refractivity contribution in [3.8, 4) is 20.9 Å². The summed E-state index contributed by atoms with van der Waals surface area (Å²) in [6, 6.07) is 10.6. The topological polar surface area (TPSA) is 76.5 Å². The van der Waals surface area contributed by atoms with E-state index in [1.165, 1.54) is 10.4 Å². The van der Waals surface area contributed by atoms with E-state index in [4.69, 9.17) is 9.84 Å². The fraction of sp³-hybridized carbons (Fsp3) is 0.240. The number of pyridine rings is 1. The smallest absolute Gasteiger partial charge is 0.303 e. The molecule has 3 heterocycles. The van der Waals surface area contributed by atoms with Crippen LogP contribution in [0.15, 0.2) is 42.7 Å². The second-order valence-electron chi connectivity index (χ2n) is 7.58. The average Bonchev–Trinajstić information content (AvgIpc) is 3.33. The summed E-state index contributed by atoms with van der Waals surface area (Å²) in [5.41, 5.74) is 4.54. The van der Waals surface area contributed by atoms with Gasteiger partial charge in [-0.05, 0) is 60.5 Å². The van der Waals surface area contributed by atoms with Crippen molar-refractivity contribution in [2.24, 2.45) is 0 Å². The van der Waals surface area contributed by atoms with E-state index in [1.54, 1.807) is 22.7 Å². The van der Waals surface area contributed by atoms with Gasteiger partial charge in [0.1, 0.15) is 0 Å². The third-order valence-electron chi connectivity index (χ3n) is 5.56. The number of thiophene rings is 2. The maximum atomic E-state index is 11.0. The number of ether oxygens (including phenoxy) is 1. The molecule has 164 valence electrons. The number of aryl methyl sites for hydroxylation is 3. The Morgan fingerprint density at radius 3 is 2.25 bits per heavy atom. The molecule has 0 aliphatic carbocycles. The van der Waals surface area contributed by atoms with Crippen LogP contribution in [-0.2, 0) is 27.2 Å². The number of carboxylic acids is 1. The van der Waals surface area contributed by atoms with Crippen molar-refractivity contribution < 1.29 is 19.4 Å². The van der Waals surface area contributed by atoms with E-state index in [-0.39, 0.29) is 6.42 Å². The fourth-order valence-electron chi connectivity index (χ4n) is 3.88. The first kappa shape index (κ1) is 22.2. The van der Waals surface area contributed by atoms with Gasteiger partial charge in [-0.25, -0.2) is 0 Å². The van der Waals surface area contributed by atoms with Crippen molar-refractivity contribution in [1.82, 2.24) is 4.98 Å². The lowest BCUT2D eigenvalue weighted by atomic mass is 9.98. The number of carboxylic acid groups (broad SMARTS) is 1. The summed E-state index contributed by atoms with van der Waals surface area (Å²) in [7, 11) is 0. The lowest BCUT2D eigenvalue weighted by molar-refractivity contribution is -0.137. The zero-order valence-electron chi connectivity index (χ0n) is 17.9. The number of aromatic nitrogens is 1. The van der Waals surface area contributed by atoms with Gasteiger partial charge in [0.15, 0.2) is 0 Å². The number of fused-ring (bicyclic) bond motifs is 1. The number of aliphatic carboxylic acids is 1. The molecule has 3 aromatic heterocycles. The molecule has 0 unspecified atom stereocenters. The van der Waals surface area contributed by atoms with Gasteiger partial charge in [0.2, 0.25) is 0 Å². The minimum Gasteiger partial charge on any atom is -0.481 e. The first-order valence-electron chi connectivity index (χ1n) is 10.3. The largest absolute Gasteiger partial charge is 0.481 e. The van der Waals surface area contributed by atoms with Crippen molar-refractivity contribution in [3.63, 3.8) is 0 Å². The molecule has 0 atom stereocenters. The van der Waals surface area contributed by atoms with Crippen LogP contribution in [0.25, 0.3) is 31.7 Å². The summed E-state index contributed by atoms with van der Waals surface area (Å²) in [6.07, 6.45) is 5.09. The van der Waals surface area contributed by atoms with Gasteiger partial charge in [-0.2, -0.15) is 0 Å². The fourth-order valence-corrected chi connectivity index (χ4v) is 6.10. The van der Waals surface area contributed by atoms with Crippen molar-refractivity contribution in [2.45, 2.75) is 33.1 Å². The van der Waals surface area contributed by atoms with E-state index in [0.29, 0.717) is 25.9 Å². The molecule has 4 aromatic rings. The summed E-state index contributed by atoms with van der Waals surface area (Å²) in [5.74, 6) is -0.777. The Morgan fingerprint density at radius 1 is 1.00 bits per heavy atom. The third-order valence-corrected chi connectivity index (χ3v) is 7.81. The molecule has 7 heteroatoms. The Hall–Kier alpha value is -3.03. The van der Waals surface area contributed by atoms with Gasteiger partial charge >= 0.3 is 5.97 Å². The van der Waals surface area contributed by atoms with Crippen LogP contribution < -0.4 is 0 Å². The lowest BCUT2D eigenvalue weighted by Crippen LogP contribution is -1.97. The van der Waals surface area contributed by atoms with Crippen LogP contribution in [0.1, 0.15) is 27.3 Å². The van der Waals surface area contributed by atoms with E-state index in [0.717, 1.165) is 42.1 Å². The number of nitrogens with zero attached hydrogens (tertiary/aromatic N) is 1. The van der Waals surface area contributed by atoms with Crippen molar-refractivity contribution in [1.29, 1.82) is 0 Å². The highest BCUT2D eigenvalue weighted by Gasteiger charge is 2.16. The normalized spacial score (nSPS) is 11.1. The monoisotopic (exact) mass is 465 g/mol. The van der Waals surface area contributed by atoms with Gasteiger partial charge in [0, 0.05) is 55.7 Å². The molecule has 4 rings (SSSR count). The molecule has 0 aliphatic rings. The SMILES string of the molecule is Cc1sc(-c2ccc(-c3cc(CCC(=O)O)c(C)s3)c3ccncc23)cc1CCOC=O. The number of hydrogen-bond acceptors (Lipinski definition) is 6. The molecule has 0 saturated carbocycles. The summed E-state index contributed by atoms with van der Waals surface area (Å²) in [6.45, 7) is 5.00. The minimum atomic E-state index is -0.777. The predicted octanol–water partition coefficient (Wildman–Crippen LogP) is 6.04. The van der Waals surface area contributed by atoms with E-state index in [2.05, 4.69) is 36.2 Å². The molecular weight excluding hydrogens is 442 g/mol. The number of hydrogen-bond donors (Lipinski definition) is 1. The van der Waals surface area contributed by atoms with Crippen LogP contribution >= 0.6 is 22.7 Å². The second-order valence-corrected chi connectivity index (χ2v) is 10.1. The van der Waals surface area contributed by atoms with Gasteiger partial charge in [0.25, 0.3) is 6.47 Å². The molecule has 0 aliphatic heterocycles. The second kappa shape index (κ2) is 9.63. The maximum absolute atomic E-state index is 11.0. The molecule has 0 amide bonds. The Morgan fingerprint density at radius 2 is 1.62 bits per heavy atom. The summed E-state index contributed by atoms with van der Waals surface area (Å²) in [5, 5.41) is 11.2. The summed E-state index contributed by atoms with van der Waals surface area (Å²) < 4.78 is 4.87. The Kier molecular flexibility index (Phi) is 6.67. The zero-order valence-corrected chi connectivity index (χ0v) is 19.5. The van der Waals surface area contributed by atoms with Crippen LogP contribution in [0, 0.1) is 13.8 Å².